The highest BCUT2D eigenvalue weighted by Crippen LogP contribution is 2.20. The van der Waals surface area contributed by atoms with Gasteiger partial charge in [-0.05, 0) is 25.1 Å². The van der Waals surface area contributed by atoms with Crippen LogP contribution in [0.3, 0.4) is 0 Å². The van der Waals surface area contributed by atoms with Crippen LogP contribution in [0.15, 0.2) is 36.4 Å². The van der Waals surface area contributed by atoms with Gasteiger partial charge < -0.3 is 20.1 Å². The van der Waals surface area contributed by atoms with Gasteiger partial charge in [0.15, 0.2) is 23.6 Å². The molecular weight excluding hydrogens is 405 g/mol. The summed E-state index contributed by atoms with van der Waals surface area (Å²) in [6.45, 7) is 0.702. The van der Waals surface area contributed by atoms with E-state index in [1.807, 2.05) is 5.32 Å². The largest absolute Gasteiger partial charge is 0.496 e. The Bertz CT molecular complexity index is 952. The molecule has 0 aliphatic heterocycles. The lowest BCUT2D eigenvalue weighted by Gasteiger charge is -2.14. The molecule has 0 aliphatic carbocycles. The van der Waals surface area contributed by atoms with Crippen LogP contribution < -0.4 is 15.4 Å². The molecule has 10 heteroatoms. The number of hydrogen-bond donors (Lipinski definition) is 2. The Balaban J connectivity index is 1.83. The molecule has 0 saturated heterocycles. The van der Waals surface area contributed by atoms with Gasteiger partial charge in [0, 0.05) is 5.56 Å². The first-order chi connectivity index (χ1) is 14.2. The Hall–Kier alpha value is -3.56. The summed E-state index contributed by atoms with van der Waals surface area (Å²) in [4.78, 5) is 35.8. The first-order valence-corrected chi connectivity index (χ1v) is 8.75. The minimum absolute atomic E-state index is 0.127. The molecule has 1 unspecified atom stereocenters. The average Bonchev–Trinajstić information content (AvgIpc) is 2.72. The van der Waals surface area contributed by atoms with Crippen molar-refractivity contribution < 1.29 is 37.0 Å². The molecule has 0 fully saturated rings. The highest BCUT2D eigenvalue weighted by molar-refractivity contribution is 5.95. The number of amides is 2. The fourth-order valence-electron chi connectivity index (χ4n) is 2.42. The minimum atomic E-state index is -1.73. The van der Waals surface area contributed by atoms with Crippen LogP contribution in [0.1, 0.15) is 12.5 Å². The van der Waals surface area contributed by atoms with Crippen molar-refractivity contribution in [1.82, 2.24) is 5.32 Å². The van der Waals surface area contributed by atoms with E-state index in [1.54, 1.807) is 24.3 Å². The number of carbonyl (C=O) groups is 3. The van der Waals surface area contributed by atoms with Crippen molar-refractivity contribution in [3.05, 3.63) is 59.4 Å². The molecule has 2 aromatic carbocycles. The number of ether oxygens (including phenoxy) is 2. The molecule has 2 aromatic rings. The average molecular weight is 424 g/mol. The Morgan fingerprint density at radius 3 is 2.43 bits per heavy atom. The molecule has 2 rings (SSSR count). The number of benzene rings is 2. The van der Waals surface area contributed by atoms with Gasteiger partial charge in [-0.2, -0.15) is 0 Å². The highest BCUT2D eigenvalue weighted by Gasteiger charge is 2.20. The van der Waals surface area contributed by atoms with E-state index in [0.29, 0.717) is 17.4 Å². The number of para-hydroxylation sites is 1. The third-order valence-corrected chi connectivity index (χ3v) is 3.94. The fourth-order valence-corrected chi connectivity index (χ4v) is 2.42. The zero-order valence-corrected chi connectivity index (χ0v) is 16.1. The molecule has 30 heavy (non-hydrogen) atoms. The topological polar surface area (TPSA) is 93.7 Å². The molecular formula is C20H19F3N2O5. The molecule has 160 valence electrons. The van der Waals surface area contributed by atoms with E-state index in [4.69, 9.17) is 9.47 Å². The summed E-state index contributed by atoms with van der Waals surface area (Å²) in [5.41, 5.74) is -0.00465. The number of halogens is 3. The van der Waals surface area contributed by atoms with Gasteiger partial charge in [0.1, 0.15) is 5.75 Å². The maximum absolute atomic E-state index is 13.5. The molecule has 0 aromatic heterocycles. The molecule has 2 amide bonds. The van der Waals surface area contributed by atoms with E-state index in [-0.39, 0.29) is 6.42 Å². The summed E-state index contributed by atoms with van der Waals surface area (Å²) in [5.74, 6) is -6.54. The number of carbonyl (C=O) groups excluding carboxylic acids is 3. The van der Waals surface area contributed by atoms with E-state index in [0.717, 1.165) is 6.07 Å². The standard InChI is InChI=1S/C20H19F3N2O5/c1-11(30-17(27)9-12-5-3-4-6-15(12)29-2)20(28)24-10-16(26)25-14-8-7-13(21)18(22)19(14)23/h3-8,11H,9-10H2,1-2H3,(H,24,28)(H,25,26). The number of nitrogens with one attached hydrogen (secondary N) is 2. The van der Waals surface area contributed by atoms with Crippen molar-refractivity contribution in [1.29, 1.82) is 0 Å². The van der Waals surface area contributed by atoms with Crippen LogP contribution in [0.4, 0.5) is 18.9 Å². The quantitative estimate of drug-likeness (QED) is 0.501. The molecule has 1 atom stereocenters. The van der Waals surface area contributed by atoms with Gasteiger partial charge in [-0.1, -0.05) is 18.2 Å². The smallest absolute Gasteiger partial charge is 0.311 e. The monoisotopic (exact) mass is 424 g/mol. The lowest BCUT2D eigenvalue weighted by Crippen LogP contribution is -2.40. The predicted octanol–water partition coefficient (Wildman–Crippen LogP) is 2.34. The van der Waals surface area contributed by atoms with Crippen molar-refractivity contribution in [3.63, 3.8) is 0 Å². The van der Waals surface area contributed by atoms with E-state index in [9.17, 15) is 27.6 Å². The van der Waals surface area contributed by atoms with Crippen LogP contribution in [-0.2, 0) is 25.5 Å². The number of anilines is 1. The van der Waals surface area contributed by atoms with Crippen molar-refractivity contribution in [3.8, 4) is 5.75 Å². The third kappa shape index (κ3) is 5.97. The fraction of sp³-hybridized carbons (Fsp3) is 0.250. The molecule has 0 aliphatic rings. The van der Waals surface area contributed by atoms with Crippen LogP contribution in [0, 0.1) is 17.5 Å². The SMILES string of the molecule is COc1ccccc1CC(=O)OC(C)C(=O)NCC(=O)Nc1ccc(F)c(F)c1F. The van der Waals surface area contributed by atoms with Gasteiger partial charge in [-0.25, -0.2) is 13.2 Å². The van der Waals surface area contributed by atoms with Gasteiger partial charge in [-0.3, -0.25) is 14.4 Å². The molecule has 0 radical (unpaired) electrons. The summed E-state index contributed by atoms with van der Waals surface area (Å²) in [6, 6.07) is 8.29. The normalized spacial score (nSPS) is 11.4. The zero-order valence-electron chi connectivity index (χ0n) is 16.1. The summed E-state index contributed by atoms with van der Waals surface area (Å²) >= 11 is 0. The van der Waals surface area contributed by atoms with E-state index in [2.05, 4.69) is 5.32 Å². The minimum Gasteiger partial charge on any atom is -0.496 e. The summed E-state index contributed by atoms with van der Waals surface area (Å²) in [6.07, 6.45) is -1.34. The molecule has 0 heterocycles. The van der Waals surface area contributed by atoms with Crippen LogP contribution in [0.5, 0.6) is 5.75 Å². The molecule has 2 N–H and O–H groups in total. The van der Waals surface area contributed by atoms with Gasteiger partial charge >= 0.3 is 5.97 Å². The number of esters is 1. The Kier molecular flexibility index (Phi) is 7.79. The van der Waals surface area contributed by atoms with E-state index in [1.165, 1.54) is 14.0 Å². The second-order valence-electron chi connectivity index (χ2n) is 6.11. The Labute approximate surface area is 170 Å². The Morgan fingerprint density at radius 1 is 1.03 bits per heavy atom. The first-order valence-electron chi connectivity index (χ1n) is 8.75. The molecule has 7 nitrogen and oxygen atoms in total. The Morgan fingerprint density at radius 2 is 1.73 bits per heavy atom. The maximum atomic E-state index is 13.5. The van der Waals surface area contributed by atoms with Crippen molar-refractivity contribution in [2.75, 3.05) is 19.0 Å². The first kappa shape index (κ1) is 22.7. The van der Waals surface area contributed by atoms with E-state index < -0.39 is 53.6 Å². The number of hydrogen-bond acceptors (Lipinski definition) is 5. The van der Waals surface area contributed by atoms with Gasteiger partial charge in [0.25, 0.3) is 5.91 Å². The van der Waals surface area contributed by atoms with Crippen LogP contribution in [-0.4, -0.2) is 37.5 Å². The highest BCUT2D eigenvalue weighted by atomic mass is 19.2. The van der Waals surface area contributed by atoms with E-state index >= 15 is 0 Å². The second kappa shape index (κ2) is 10.3. The van der Waals surface area contributed by atoms with Gasteiger partial charge in [0.2, 0.25) is 5.91 Å². The van der Waals surface area contributed by atoms with Gasteiger partial charge in [-0.15, -0.1) is 0 Å². The number of rotatable bonds is 8. The van der Waals surface area contributed by atoms with Crippen molar-refractivity contribution in [2.45, 2.75) is 19.4 Å². The van der Waals surface area contributed by atoms with Crippen LogP contribution >= 0.6 is 0 Å². The summed E-state index contributed by atoms with van der Waals surface area (Å²) < 4.78 is 49.8. The molecule has 0 bridgehead atoms. The van der Waals surface area contributed by atoms with Crippen LogP contribution in [0.25, 0.3) is 0 Å². The van der Waals surface area contributed by atoms with Crippen molar-refractivity contribution >= 4 is 23.5 Å². The summed E-state index contributed by atoms with van der Waals surface area (Å²) in [5, 5.41) is 4.20. The summed E-state index contributed by atoms with van der Waals surface area (Å²) in [7, 11) is 1.46. The van der Waals surface area contributed by atoms with Gasteiger partial charge in [0.05, 0.1) is 25.8 Å². The molecule has 0 spiro atoms. The van der Waals surface area contributed by atoms with Crippen molar-refractivity contribution in [2.24, 2.45) is 0 Å². The van der Waals surface area contributed by atoms with Crippen LogP contribution in [0.2, 0.25) is 0 Å². The maximum Gasteiger partial charge on any atom is 0.311 e. The lowest BCUT2D eigenvalue weighted by molar-refractivity contribution is -0.154. The third-order valence-electron chi connectivity index (χ3n) is 3.94. The zero-order chi connectivity index (χ0) is 22.3. The number of methoxy groups -OCH3 is 1. The predicted molar refractivity (Wildman–Crippen MR) is 100 cm³/mol. The lowest BCUT2D eigenvalue weighted by atomic mass is 10.1. The second-order valence-corrected chi connectivity index (χ2v) is 6.11. The molecule has 0 saturated carbocycles.